The standard InChI is InChI=1S/C15H25N3O/c1-3-14(16-4-2)13-7-10-17(11-13)12-15(19)18-8-5-6-9-18/h7,10-11,14,16H,3-6,8-9,12H2,1-2H3. The molecule has 0 saturated carbocycles. The van der Waals surface area contributed by atoms with Crippen LogP contribution in [0.4, 0.5) is 0 Å². The molecule has 19 heavy (non-hydrogen) atoms. The Morgan fingerprint density at radius 3 is 2.74 bits per heavy atom. The van der Waals surface area contributed by atoms with Crippen LogP contribution in [0.2, 0.25) is 0 Å². The lowest BCUT2D eigenvalue weighted by Gasteiger charge is -2.16. The van der Waals surface area contributed by atoms with Crippen LogP contribution in [0.3, 0.4) is 0 Å². The topological polar surface area (TPSA) is 37.3 Å². The quantitative estimate of drug-likeness (QED) is 0.854. The Morgan fingerprint density at radius 1 is 1.37 bits per heavy atom. The summed E-state index contributed by atoms with van der Waals surface area (Å²) >= 11 is 0. The second kappa shape index (κ2) is 6.75. The summed E-state index contributed by atoms with van der Waals surface area (Å²) in [6, 6.07) is 2.52. The van der Waals surface area contributed by atoms with Crippen molar-refractivity contribution in [3.8, 4) is 0 Å². The van der Waals surface area contributed by atoms with E-state index in [-0.39, 0.29) is 5.91 Å². The van der Waals surface area contributed by atoms with Gasteiger partial charge in [0.05, 0.1) is 0 Å². The van der Waals surface area contributed by atoms with Crippen molar-refractivity contribution in [1.29, 1.82) is 0 Å². The molecular formula is C15H25N3O. The van der Waals surface area contributed by atoms with Crippen molar-refractivity contribution in [3.05, 3.63) is 24.0 Å². The molecular weight excluding hydrogens is 238 g/mol. The lowest BCUT2D eigenvalue weighted by atomic mass is 10.1. The lowest BCUT2D eigenvalue weighted by Crippen LogP contribution is -2.30. The third kappa shape index (κ3) is 3.60. The molecule has 1 aliphatic heterocycles. The fourth-order valence-corrected chi connectivity index (χ4v) is 2.73. The molecule has 0 radical (unpaired) electrons. The minimum absolute atomic E-state index is 0.246. The highest BCUT2D eigenvalue weighted by Gasteiger charge is 2.18. The Kier molecular flexibility index (Phi) is 5.02. The monoisotopic (exact) mass is 263 g/mol. The molecule has 1 unspecified atom stereocenters. The van der Waals surface area contributed by atoms with Crippen LogP contribution in [0.1, 0.15) is 44.7 Å². The third-order valence-electron chi connectivity index (χ3n) is 3.81. The molecule has 106 valence electrons. The normalized spacial score (nSPS) is 16.8. The fraction of sp³-hybridized carbons (Fsp3) is 0.667. The zero-order valence-electron chi connectivity index (χ0n) is 12.1. The Bertz CT molecular complexity index is 407. The number of likely N-dealkylation sites (tertiary alicyclic amines) is 1. The van der Waals surface area contributed by atoms with E-state index in [0.29, 0.717) is 12.6 Å². The van der Waals surface area contributed by atoms with Crippen LogP contribution in [-0.4, -0.2) is 35.0 Å². The number of carbonyl (C=O) groups excluding carboxylic acids is 1. The van der Waals surface area contributed by atoms with Crippen LogP contribution in [0.25, 0.3) is 0 Å². The number of rotatable bonds is 6. The van der Waals surface area contributed by atoms with E-state index >= 15 is 0 Å². The first-order valence-corrected chi connectivity index (χ1v) is 7.41. The molecule has 0 aromatic carbocycles. The molecule has 1 saturated heterocycles. The largest absolute Gasteiger partial charge is 0.345 e. The van der Waals surface area contributed by atoms with Crippen LogP contribution in [0.15, 0.2) is 18.5 Å². The van der Waals surface area contributed by atoms with Gasteiger partial charge in [0.25, 0.3) is 0 Å². The molecule has 1 aliphatic rings. The first kappa shape index (κ1) is 14.1. The summed E-state index contributed by atoms with van der Waals surface area (Å²) in [5.41, 5.74) is 1.28. The molecule has 4 nitrogen and oxygen atoms in total. The number of aromatic nitrogens is 1. The summed E-state index contributed by atoms with van der Waals surface area (Å²) < 4.78 is 2.01. The maximum Gasteiger partial charge on any atom is 0.242 e. The van der Waals surface area contributed by atoms with E-state index in [9.17, 15) is 4.79 Å². The Morgan fingerprint density at radius 2 is 2.11 bits per heavy atom. The van der Waals surface area contributed by atoms with Gasteiger partial charge in [-0.3, -0.25) is 4.79 Å². The van der Waals surface area contributed by atoms with Crippen molar-refractivity contribution < 1.29 is 4.79 Å². The fourth-order valence-electron chi connectivity index (χ4n) is 2.73. The number of nitrogens with one attached hydrogen (secondary N) is 1. The van der Waals surface area contributed by atoms with Gasteiger partial charge in [-0.2, -0.15) is 0 Å². The predicted octanol–water partition coefficient (Wildman–Crippen LogP) is 2.17. The molecule has 2 heterocycles. The summed E-state index contributed by atoms with van der Waals surface area (Å²) in [5, 5.41) is 3.46. The SMILES string of the molecule is CCNC(CC)c1ccn(CC(=O)N2CCCC2)c1. The van der Waals surface area contributed by atoms with E-state index < -0.39 is 0 Å². The maximum atomic E-state index is 12.1. The molecule has 1 fully saturated rings. The summed E-state index contributed by atoms with van der Waals surface area (Å²) in [6.45, 7) is 7.61. The van der Waals surface area contributed by atoms with Crippen LogP contribution < -0.4 is 5.32 Å². The van der Waals surface area contributed by atoms with E-state index in [1.165, 1.54) is 5.56 Å². The van der Waals surface area contributed by atoms with Gasteiger partial charge in [0.1, 0.15) is 6.54 Å². The highest BCUT2D eigenvalue weighted by molar-refractivity contribution is 5.76. The summed E-state index contributed by atoms with van der Waals surface area (Å²) in [4.78, 5) is 14.1. The number of hydrogen-bond donors (Lipinski definition) is 1. The van der Waals surface area contributed by atoms with E-state index in [4.69, 9.17) is 0 Å². The smallest absolute Gasteiger partial charge is 0.242 e. The van der Waals surface area contributed by atoms with Crippen LogP contribution in [0.5, 0.6) is 0 Å². The molecule has 1 atom stereocenters. The summed E-state index contributed by atoms with van der Waals surface area (Å²) in [5.74, 6) is 0.246. The second-order valence-corrected chi connectivity index (χ2v) is 5.22. The number of amides is 1. The minimum Gasteiger partial charge on any atom is -0.345 e. The van der Waals surface area contributed by atoms with Crippen LogP contribution in [0, 0.1) is 0 Å². The zero-order chi connectivity index (χ0) is 13.7. The van der Waals surface area contributed by atoms with Gasteiger partial charge < -0.3 is 14.8 Å². The molecule has 4 heteroatoms. The Labute approximate surface area is 115 Å². The number of nitrogens with zero attached hydrogens (tertiary/aromatic N) is 2. The number of hydrogen-bond acceptors (Lipinski definition) is 2. The van der Waals surface area contributed by atoms with Crippen molar-refractivity contribution >= 4 is 5.91 Å². The minimum atomic E-state index is 0.246. The van der Waals surface area contributed by atoms with Crippen molar-refractivity contribution in [2.45, 2.75) is 45.7 Å². The first-order chi connectivity index (χ1) is 9.24. The molecule has 1 amide bonds. The lowest BCUT2D eigenvalue weighted by molar-refractivity contribution is -0.130. The average molecular weight is 263 g/mol. The average Bonchev–Trinajstić information content (AvgIpc) is 3.06. The Hall–Kier alpha value is -1.29. The van der Waals surface area contributed by atoms with E-state index in [0.717, 1.165) is 38.9 Å². The summed E-state index contributed by atoms with van der Waals surface area (Å²) in [7, 11) is 0. The molecule has 0 spiro atoms. The van der Waals surface area contributed by atoms with Gasteiger partial charge in [0, 0.05) is 31.5 Å². The molecule has 0 aliphatic carbocycles. The highest BCUT2D eigenvalue weighted by Crippen LogP contribution is 2.17. The van der Waals surface area contributed by atoms with E-state index in [1.54, 1.807) is 0 Å². The van der Waals surface area contributed by atoms with Gasteiger partial charge in [-0.1, -0.05) is 13.8 Å². The van der Waals surface area contributed by atoms with Gasteiger partial charge in [-0.15, -0.1) is 0 Å². The molecule has 1 aromatic rings. The van der Waals surface area contributed by atoms with Crippen molar-refractivity contribution in [2.75, 3.05) is 19.6 Å². The van der Waals surface area contributed by atoms with E-state index in [1.807, 2.05) is 15.7 Å². The van der Waals surface area contributed by atoms with Gasteiger partial charge in [-0.25, -0.2) is 0 Å². The highest BCUT2D eigenvalue weighted by atomic mass is 16.2. The van der Waals surface area contributed by atoms with Gasteiger partial charge in [0.2, 0.25) is 5.91 Å². The zero-order valence-corrected chi connectivity index (χ0v) is 12.1. The number of carbonyl (C=O) groups is 1. The molecule has 1 aromatic heterocycles. The second-order valence-electron chi connectivity index (χ2n) is 5.22. The van der Waals surface area contributed by atoms with Crippen molar-refractivity contribution in [2.24, 2.45) is 0 Å². The maximum absolute atomic E-state index is 12.1. The summed E-state index contributed by atoms with van der Waals surface area (Å²) in [6.07, 6.45) is 7.49. The molecule has 0 bridgehead atoms. The van der Waals surface area contributed by atoms with Crippen LogP contribution >= 0.6 is 0 Å². The van der Waals surface area contributed by atoms with Crippen molar-refractivity contribution in [1.82, 2.24) is 14.8 Å². The van der Waals surface area contributed by atoms with Gasteiger partial charge in [-0.05, 0) is 37.4 Å². The third-order valence-corrected chi connectivity index (χ3v) is 3.81. The van der Waals surface area contributed by atoms with Crippen molar-refractivity contribution in [3.63, 3.8) is 0 Å². The molecule has 1 N–H and O–H groups in total. The first-order valence-electron chi connectivity index (χ1n) is 7.41. The van der Waals surface area contributed by atoms with Gasteiger partial charge in [0.15, 0.2) is 0 Å². The van der Waals surface area contributed by atoms with Gasteiger partial charge >= 0.3 is 0 Å². The van der Waals surface area contributed by atoms with Crippen LogP contribution in [-0.2, 0) is 11.3 Å². The van der Waals surface area contributed by atoms with E-state index in [2.05, 4.69) is 31.4 Å². The Balaban J connectivity index is 1.94. The molecule has 2 rings (SSSR count). The predicted molar refractivity (Wildman–Crippen MR) is 77.0 cm³/mol.